The SMILES string of the molecule is CC(C)C(=O)[C@H](CN)NC(=O)[C@@H](CC(=O)C(CN)CC1CCCCC1)C(C)O. The van der Waals surface area contributed by atoms with E-state index < -0.39 is 24.0 Å². The van der Waals surface area contributed by atoms with E-state index in [1.54, 1.807) is 13.8 Å². The van der Waals surface area contributed by atoms with Crippen LogP contribution in [0.1, 0.15) is 65.7 Å². The number of carbonyl (C=O) groups excluding carboxylic acids is 3. The minimum Gasteiger partial charge on any atom is -0.393 e. The number of aliphatic hydroxyl groups is 1. The Hall–Kier alpha value is -1.31. The van der Waals surface area contributed by atoms with E-state index in [4.69, 9.17) is 11.5 Å². The van der Waals surface area contributed by atoms with Gasteiger partial charge in [-0.1, -0.05) is 46.0 Å². The number of Topliss-reactive ketones (excluding diaryl/α,β-unsaturated/α-hetero) is 2. The van der Waals surface area contributed by atoms with Gasteiger partial charge in [0.25, 0.3) is 0 Å². The quantitative estimate of drug-likeness (QED) is 0.390. The molecular weight excluding hydrogens is 358 g/mol. The molecule has 1 fully saturated rings. The molecule has 1 aliphatic rings. The van der Waals surface area contributed by atoms with Gasteiger partial charge >= 0.3 is 0 Å². The summed E-state index contributed by atoms with van der Waals surface area (Å²) in [5.41, 5.74) is 11.5. The Bertz CT molecular complexity index is 516. The van der Waals surface area contributed by atoms with Crippen LogP contribution in [0.15, 0.2) is 0 Å². The summed E-state index contributed by atoms with van der Waals surface area (Å²) in [6.07, 6.45) is 5.55. The monoisotopic (exact) mass is 397 g/mol. The van der Waals surface area contributed by atoms with Crippen LogP contribution in [0.2, 0.25) is 0 Å². The molecule has 1 rings (SSSR count). The first-order valence-electron chi connectivity index (χ1n) is 10.7. The van der Waals surface area contributed by atoms with Crippen molar-refractivity contribution in [1.82, 2.24) is 5.32 Å². The summed E-state index contributed by atoms with van der Waals surface area (Å²) in [6, 6.07) is -0.809. The zero-order valence-corrected chi connectivity index (χ0v) is 17.7. The van der Waals surface area contributed by atoms with Crippen molar-refractivity contribution < 1.29 is 19.5 Å². The third-order valence-electron chi connectivity index (χ3n) is 5.89. The Balaban J connectivity index is 2.73. The third-order valence-corrected chi connectivity index (χ3v) is 5.89. The summed E-state index contributed by atoms with van der Waals surface area (Å²) < 4.78 is 0. The lowest BCUT2D eigenvalue weighted by Crippen LogP contribution is -2.51. The molecule has 1 amide bonds. The van der Waals surface area contributed by atoms with Gasteiger partial charge < -0.3 is 21.9 Å². The second-order valence-corrected chi connectivity index (χ2v) is 8.54. The van der Waals surface area contributed by atoms with Gasteiger partial charge in [-0.25, -0.2) is 0 Å². The standard InChI is InChI=1S/C21H39N3O4/c1-13(2)20(27)18(12-23)24-21(28)17(14(3)25)10-19(26)16(11-22)9-15-7-5-4-6-8-15/h13-18,25H,4-12,22-23H2,1-3H3,(H,24,28)/t14?,16?,17-,18-/m0/s1. The lowest BCUT2D eigenvalue weighted by molar-refractivity contribution is -0.136. The van der Waals surface area contributed by atoms with Gasteiger partial charge in [-0.2, -0.15) is 0 Å². The van der Waals surface area contributed by atoms with Crippen LogP contribution in [0.4, 0.5) is 0 Å². The Labute approximate surface area is 169 Å². The fourth-order valence-electron chi connectivity index (χ4n) is 3.98. The molecule has 7 nitrogen and oxygen atoms in total. The zero-order chi connectivity index (χ0) is 21.3. The van der Waals surface area contributed by atoms with Crippen LogP contribution in [-0.4, -0.2) is 47.8 Å². The molecule has 2 unspecified atom stereocenters. The average Bonchev–Trinajstić information content (AvgIpc) is 2.67. The highest BCUT2D eigenvalue weighted by molar-refractivity contribution is 5.93. The summed E-state index contributed by atoms with van der Waals surface area (Å²) in [7, 11) is 0. The van der Waals surface area contributed by atoms with Crippen LogP contribution in [0.25, 0.3) is 0 Å². The highest BCUT2D eigenvalue weighted by Crippen LogP contribution is 2.30. The normalized spacial score (nSPS) is 19.7. The summed E-state index contributed by atoms with van der Waals surface area (Å²) in [5, 5.41) is 12.7. The van der Waals surface area contributed by atoms with Gasteiger partial charge in [0.15, 0.2) is 5.78 Å². The molecule has 0 radical (unpaired) electrons. The maximum Gasteiger partial charge on any atom is 0.226 e. The predicted octanol–water partition coefficient (Wildman–Crippen LogP) is 1.16. The molecule has 1 aliphatic carbocycles. The number of hydrogen-bond acceptors (Lipinski definition) is 6. The summed E-state index contributed by atoms with van der Waals surface area (Å²) in [4.78, 5) is 37.6. The highest BCUT2D eigenvalue weighted by atomic mass is 16.3. The van der Waals surface area contributed by atoms with Gasteiger partial charge in [-0.05, 0) is 19.3 Å². The van der Waals surface area contributed by atoms with E-state index in [1.165, 1.54) is 26.2 Å². The van der Waals surface area contributed by atoms with E-state index in [9.17, 15) is 19.5 Å². The van der Waals surface area contributed by atoms with Crippen LogP contribution in [0, 0.1) is 23.7 Å². The van der Waals surface area contributed by atoms with Gasteiger partial charge in [0.1, 0.15) is 5.78 Å². The predicted molar refractivity (Wildman–Crippen MR) is 109 cm³/mol. The molecular formula is C21H39N3O4. The van der Waals surface area contributed by atoms with Gasteiger partial charge in [0.2, 0.25) is 5.91 Å². The van der Waals surface area contributed by atoms with E-state index in [1.807, 2.05) is 0 Å². The Morgan fingerprint density at radius 3 is 2.11 bits per heavy atom. The molecule has 7 heteroatoms. The van der Waals surface area contributed by atoms with Crippen molar-refractivity contribution in [3.05, 3.63) is 0 Å². The number of ketones is 2. The van der Waals surface area contributed by atoms with Crippen LogP contribution in [-0.2, 0) is 14.4 Å². The minimum atomic E-state index is -1.01. The van der Waals surface area contributed by atoms with Gasteiger partial charge in [-0.15, -0.1) is 0 Å². The number of nitrogens with two attached hydrogens (primary N) is 2. The molecule has 4 atom stereocenters. The molecule has 28 heavy (non-hydrogen) atoms. The van der Waals surface area contributed by atoms with Gasteiger partial charge in [0.05, 0.1) is 18.1 Å². The molecule has 0 bridgehead atoms. The zero-order valence-electron chi connectivity index (χ0n) is 17.7. The molecule has 0 saturated heterocycles. The Morgan fingerprint density at radius 1 is 1.04 bits per heavy atom. The molecule has 0 aliphatic heterocycles. The molecule has 0 aromatic rings. The summed E-state index contributed by atoms with van der Waals surface area (Å²) in [6.45, 7) is 5.20. The van der Waals surface area contributed by atoms with E-state index in [0.29, 0.717) is 5.92 Å². The molecule has 1 saturated carbocycles. The van der Waals surface area contributed by atoms with Crippen LogP contribution < -0.4 is 16.8 Å². The number of aliphatic hydroxyl groups excluding tert-OH is 1. The topological polar surface area (TPSA) is 136 Å². The van der Waals surface area contributed by atoms with Crippen molar-refractivity contribution in [2.75, 3.05) is 13.1 Å². The molecule has 0 aromatic carbocycles. The first-order chi connectivity index (χ1) is 13.2. The first-order valence-corrected chi connectivity index (χ1v) is 10.7. The van der Waals surface area contributed by atoms with Crippen molar-refractivity contribution in [2.45, 2.75) is 77.9 Å². The third kappa shape index (κ3) is 7.60. The fraction of sp³-hybridized carbons (Fsp3) is 0.857. The average molecular weight is 398 g/mol. The van der Waals surface area contributed by atoms with Crippen molar-refractivity contribution in [3.63, 3.8) is 0 Å². The van der Waals surface area contributed by atoms with Crippen LogP contribution in [0.3, 0.4) is 0 Å². The van der Waals surface area contributed by atoms with Crippen LogP contribution in [0.5, 0.6) is 0 Å². The van der Waals surface area contributed by atoms with Crippen molar-refractivity contribution >= 4 is 17.5 Å². The lowest BCUT2D eigenvalue weighted by Gasteiger charge is -2.27. The van der Waals surface area contributed by atoms with Crippen molar-refractivity contribution in [2.24, 2.45) is 35.1 Å². The van der Waals surface area contributed by atoms with Crippen molar-refractivity contribution in [1.29, 1.82) is 0 Å². The molecule has 0 heterocycles. The van der Waals surface area contributed by atoms with Gasteiger partial charge in [0, 0.05) is 31.3 Å². The number of rotatable bonds is 12. The Kier molecular flexibility index (Phi) is 10.9. The fourth-order valence-corrected chi connectivity index (χ4v) is 3.98. The second-order valence-electron chi connectivity index (χ2n) is 8.54. The summed E-state index contributed by atoms with van der Waals surface area (Å²) in [5.74, 6) is -1.73. The largest absolute Gasteiger partial charge is 0.393 e. The van der Waals surface area contributed by atoms with E-state index in [-0.39, 0.29) is 42.9 Å². The molecule has 0 aromatic heterocycles. The number of amides is 1. The number of carbonyl (C=O) groups is 3. The molecule has 6 N–H and O–H groups in total. The maximum atomic E-state index is 12.8. The van der Waals surface area contributed by atoms with E-state index in [2.05, 4.69) is 5.32 Å². The highest BCUT2D eigenvalue weighted by Gasteiger charge is 2.33. The Morgan fingerprint density at radius 2 is 1.64 bits per heavy atom. The summed E-state index contributed by atoms with van der Waals surface area (Å²) >= 11 is 0. The second kappa shape index (κ2) is 12.3. The lowest BCUT2D eigenvalue weighted by atomic mass is 9.80. The van der Waals surface area contributed by atoms with Crippen LogP contribution >= 0.6 is 0 Å². The van der Waals surface area contributed by atoms with Gasteiger partial charge in [-0.3, -0.25) is 14.4 Å². The number of nitrogens with one attached hydrogen (secondary N) is 1. The first kappa shape index (κ1) is 24.7. The molecule has 162 valence electrons. The minimum absolute atomic E-state index is 0.0175. The van der Waals surface area contributed by atoms with Crippen molar-refractivity contribution in [3.8, 4) is 0 Å². The maximum absolute atomic E-state index is 12.8. The smallest absolute Gasteiger partial charge is 0.226 e. The van der Waals surface area contributed by atoms with E-state index in [0.717, 1.165) is 19.3 Å². The number of hydrogen-bond donors (Lipinski definition) is 4. The molecule has 0 spiro atoms. The van der Waals surface area contributed by atoms with E-state index >= 15 is 0 Å².